The highest BCUT2D eigenvalue weighted by Gasteiger charge is 2.34. The number of hydrogen-bond acceptors (Lipinski definition) is 7. The highest BCUT2D eigenvalue weighted by Crippen LogP contribution is 2.30. The molecule has 0 bridgehead atoms. The number of anilines is 1. The van der Waals surface area contributed by atoms with Gasteiger partial charge in [0.1, 0.15) is 11.2 Å². The van der Waals surface area contributed by atoms with Gasteiger partial charge in [-0.2, -0.15) is 0 Å². The van der Waals surface area contributed by atoms with Crippen molar-refractivity contribution in [1.29, 1.82) is 0 Å². The zero-order valence-electron chi connectivity index (χ0n) is 25.2. The van der Waals surface area contributed by atoms with Crippen LogP contribution in [-0.2, 0) is 14.9 Å². The van der Waals surface area contributed by atoms with E-state index in [9.17, 15) is 4.79 Å². The molecule has 5 rings (SSSR count). The quantitative estimate of drug-likeness (QED) is 0.200. The lowest BCUT2D eigenvalue weighted by Crippen LogP contribution is -2.53. The number of fused-ring (bicyclic) bond motifs is 1. The fourth-order valence-electron chi connectivity index (χ4n) is 5.49. The molecular weight excluding hydrogens is 607 g/mol. The average molecular weight is 650 g/mol. The number of imidazole rings is 1. The average Bonchev–Trinajstić information content (AvgIpc) is 3.42. The molecule has 0 aliphatic carbocycles. The highest BCUT2D eigenvalue weighted by atomic mass is 35.5. The largest absolute Gasteiger partial charge is 0.465 e. The Kier molecular flexibility index (Phi) is 13.7. The fourth-order valence-corrected chi connectivity index (χ4v) is 5.49. The van der Waals surface area contributed by atoms with E-state index in [-0.39, 0.29) is 55.4 Å². The molecule has 0 amide bonds. The minimum atomic E-state index is -0.847. The van der Waals surface area contributed by atoms with Crippen LogP contribution in [0.25, 0.3) is 5.65 Å². The third-order valence-electron chi connectivity index (χ3n) is 7.83. The van der Waals surface area contributed by atoms with Gasteiger partial charge in [0.2, 0.25) is 0 Å². The van der Waals surface area contributed by atoms with Crippen molar-refractivity contribution in [2.75, 3.05) is 38.1 Å². The Balaban J connectivity index is 0.00000215. The lowest BCUT2D eigenvalue weighted by Gasteiger charge is -2.42. The summed E-state index contributed by atoms with van der Waals surface area (Å²) in [6.45, 7) is 11.9. The van der Waals surface area contributed by atoms with Gasteiger partial charge in [0.15, 0.2) is 5.65 Å². The molecule has 0 spiro atoms. The van der Waals surface area contributed by atoms with E-state index >= 15 is 0 Å². The van der Waals surface area contributed by atoms with Crippen molar-refractivity contribution in [2.45, 2.75) is 51.7 Å². The maximum Gasteiger partial charge on any atom is 0.317 e. The van der Waals surface area contributed by atoms with Crippen molar-refractivity contribution in [3.05, 3.63) is 95.8 Å². The summed E-state index contributed by atoms with van der Waals surface area (Å²) in [6, 6.07) is 25.8. The van der Waals surface area contributed by atoms with Gasteiger partial charge in [-0.05, 0) is 50.5 Å². The van der Waals surface area contributed by atoms with E-state index in [0.717, 1.165) is 38.4 Å². The van der Waals surface area contributed by atoms with Crippen molar-refractivity contribution in [1.82, 2.24) is 24.4 Å². The molecule has 1 fully saturated rings. The van der Waals surface area contributed by atoms with E-state index in [1.807, 2.05) is 39.1 Å². The molecular formula is C32H43Cl3N6O2. The van der Waals surface area contributed by atoms with Gasteiger partial charge in [0.05, 0.1) is 30.7 Å². The smallest absolute Gasteiger partial charge is 0.317 e. The van der Waals surface area contributed by atoms with Gasteiger partial charge < -0.3 is 10.1 Å². The molecule has 1 saturated heterocycles. The van der Waals surface area contributed by atoms with Crippen LogP contribution in [0.5, 0.6) is 0 Å². The maximum absolute atomic E-state index is 12.5. The normalized spacial score (nSPS) is 14.7. The molecule has 2 aromatic heterocycles. The lowest BCUT2D eigenvalue weighted by molar-refractivity contribution is -0.148. The molecule has 0 radical (unpaired) electrons. The Morgan fingerprint density at radius 3 is 1.95 bits per heavy atom. The monoisotopic (exact) mass is 648 g/mol. The number of nitrogens with zero attached hydrogens (tertiary/aromatic N) is 5. The first-order valence-corrected chi connectivity index (χ1v) is 14.3. The van der Waals surface area contributed by atoms with Gasteiger partial charge in [0.25, 0.3) is 0 Å². The number of esters is 1. The maximum atomic E-state index is 12.5. The highest BCUT2D eigenvalue weighted by molar-refractivity contribution is 5.86. The van der Waals surface area contributed by atoms with E-state index in [2.05, 4.69) is 87.7 Å². The van der Waals surface area contributed by atoms with Crippen molar-refractivity contribution < 1.29 is 9.53 Å². The Hall–Kier alpha value is -2.88. The standard InChI is InChI=1S/C32H40N6O2.3ClH/c1-5-28(34-27-17-18-29-33-26(23-38(29)35-27)32(3,4)31(39)40-6-2)36-19-21-37(22-20-36)30(24-13-9-7-10-14-24)25-15-11-8-12-16-25;;;/h7-18,23,28,30H,5-6,19-22H2,1-4H3,(H,34,35);3*1H. The zero-order chi connectivity index (χ0) is 28.1. The molecule has 2 aromatic carbocycles. The molecule has 11 heteroatoms. The molecule has 0 saturated carbocycles. The zero-order valence-corrected chi connectivity index (χ0v) is 27.6. The number of hydrogen-bond donors (Lipinski definition) is 1. The second kappa shape index (κ2) is 16.3. The molecule has 234 valence electrons. The number of piperazine rings is 1. The van der Waals surface area contributed by atoms with Gasteiger partial charge in [-0.1, -0.05) is 67.6 Å². The van der Waals surface area contributed by atoms with Crippen LogP contribution in [0, 0.1) is 0 Å². The molecule has 1 unspecified atom stereocenters. The van der Waals surface area contributed by atoms with Crippen LogP contribution < -0.4 is 5.32 Å². The van der Waals surface area contributed by atoms with Gasteiger partial charge in [-0.25, -0.2) is 9.50 Å². The number of ether oxygens (including phenoxy) is 1. The molecule has 1 atom stereocenters. The van der Waals surface area contributed by atoms with Crippen LogP contribution in [0.3, 0.4) is 0 Å². The van der Waals surface area contributed by atoms with E-state index in [1.54, 1.807) is 4.52 Å². The van der Waals surface area contributed by atoms with Crippen LogP contribution in [0.1, 0.15) is 57.0 Å². The summed E-state index contributed by atoms with van der Waals surface area (Å²) in [5, 5.41) is 8.42. The van der Waals surface area contributed by atoms with Gasteiger partial charge in [-0.15, -0.1) is 42.3 Å². The third-order valence-corrected chi connectivity index (χ3v) is 7.83. The minimum absolute atomic E-state index is 0. The van der Waals surface area contributed by atoms with Crippen molar-refractivity contribution in [2.24, 2.45) is 0 Å². The van der Waals surface area contributed by atoms with Gasteiger partial charge in [-0.3, -0.25) is 14.6 Å². The predicted molar refractivity (Wildman–Crippen MR) is 180 cm³/mol. The van der Waals surface area contributed by atoms with Crippen LogP contribution >= 0.6 is 37.2 Å². The van der Waals surface area contributed by atoms with E-state index in [4.69, 9.17) is 9.84 Å². The summed E-state index contributed by atoms with van der Waals surface area (Å²) < 4.78 is 7.00. The Labute approximate surface area is 273 Å². The minimum Gasteiger partial charge on any atom is -0.465 e. The first kappa shape index (κ1) is 36.3. The summed E-state index contributed by atoms with van der Waals surface area (Å²) in [7, 11) is 0. The Morgan fingerprint density at radius 1 is 0.860 bits per heavy atom. The second-order valence-corrected chi connectivity index (χ2v) is 10.9. The molecule has 4 aromatic rings. The van der Waals surface area contributed by atoms with Crippen LogP contribution in [-0.4, -0.2) is 69.3 Å². The molecule has 1 aliphatic rings. The van der Waals surface area contributed by atoms with Crippen molar-refractivity contribution in [3.63, 3.8) is 0 Å². The lowest BCUT2D eigenvalue weighted by atomic mass is 9.90. The topological polar surface area (TPSA) is 75.0 Å². The second-order valence-electron chi connectivity index (χ2n) is 10.9. The molecule has 8 nitrogen and oxygen atoms in total. The Bertz CT molecular complexity index is 1370. The summed E-state index contributed by atoms with van der Waals surface area (Å²) in [5.74, 6) is 0.495. The third kappa shape index (κ3) is 8.19. The van der Waals surface area contributed by atoms with Gasteiger partial charge >= 0.3 is 5.97 Å². The van der Waals surface area contributed by atoms with Crippen molar-refractivity contribution in [3.8, 4) is 0 Å². The first-order chi connectivity index (χ1) is 19.4. The number of benzene rings is 2. The fraction of sp³-hybridized carbons (Fsp3) is 0.406. The number of carbonyl (C=O) groups is 1. The molecule has 43 heavy (non-hydrogen) atoms. The number of aromatic nitrogens is 3. The summed E-state index contributed by atoms with van der Waals surface area (Å²) in [6.07, 6.45) is 2.94. The van der Waals surface area contributed by atoms with Crippen molar-refractivity contribution >= 4 is 54.7 Å². The molecule has 1 aliphatic heterocycles. The van der Waals surface area contributed by atoms with E-state index in [1.165, 1.54) is 11.1 Å². The number of rotatable bonds is 10. The number of nitrogens with one attached hydrogen (secondary N) is 1. The number of carbonyl (C=O) groups excluding carboxylic acids is 1. The Morgan fingerprint density at radius 2 is 1.42 bits per heavy atom. The van der Waals surface area contributed by atoms with Crippen LogP contribution in [0.2, 0.25) is 0 Å². The molecule has 3 heterocycles. The molecule has 1 N–H and O–H groups in total. The number of halogens is 3. The predicted octanol–water partition coefficient (Wildman–Crippen LogP) is 6.39. The van der Waals surface area contributed by atoms with Crippen LogP contribution in [0.15, 0.2) is 79.0 Å². The first-order valence-electron chi connectivity index (χ1n) is 14.3. The van der Waals surface area contributed by atoms with E-state index in [0.29, 0.717) is 17.9 Å². The van der Waals surface area contributed by atoms with Gasteiger partial charge in [0, 0.05) is 26.2 Å². The summed E-state index contributed by atoms with van der Waals surface area (Å²) >= 11 is 0. The summed E-state index contributed by atoms with van der Waals surface area (Å²) in [4.78, 5) is 22.2. The van der Waals surface area contributed by atoms with E-state index < -0.39 is 5.41 Å². The SMILES string of the molecule is CCOC(=O)C(C)(C)c1cn2nc(NC(CC)N3CCN(C(c4ccccc4)c4ccccc4)CC3)ccc2n1.Cl.Cl.Cl. The summed E-state index contributed by atoms with van der Waals surface area (Å²) in [5.41, 5.74) is 3.16. The van der Waals surface area contributed by atoms with Crippen LogP contribution in [0.4, 0.5) is 5.82 Å².